The molecular formula is C12H13NO. The summed E-state index contributed by atoms with van der Waals surface area (Å²) in [4.78, 5) is 0. The Labute approximate surface area is 83.4 Å². The average Bonchev–Trinajstić information content (AvgIpc) is 2.19. The number of rotatable bonds is 1. The molecule has 0 aromatic heterocycles. The minimum atomic E-state index is -0.859. The molecule has 2 nitrogen and oxygen atoms in total. The van der Waals surface area contributed by atoms with Gasteiger partial charge in [-0.25, -0.2) is 0 Å². The number of hydrogen-bond acceptors (Lipinski definition) is 2. The van der Waals surface area contributed by atoms with E-state index in [0.717, 1.165) is 5.56 Å². The van der Waals surface area contributed by atoms with Crippen LogP contribution in [0.25, 0.3) is 0 Å². The zero-order valence-corrected chi connectivity index (χ0v) is 7.85. The molecule has 14 heavy (non-hydrogen) atoms. The first kappa shape index (κ1) is 9.03. The first-order valence-corrected chi connectivity index (χ1v) is 4.63. The molecule has 0 spiro atoms. The van der Waals surface area contributed by atoms with Gasteiger partial charge in [0.25, 0.3) is 0 Å². The molecule has 1 aromatic carbocycles. The Bertz CT molecular complexity index is 378. The van der Waals surface area contributed by atoms with Crippen LogP contribution < -0.4 is 5.73 Å². The fraction of sp³-hybridized carbons (Fsp3) is 0.167. The number of aliphatic hydroxyl groups is 1. The van der Waals surface area contributed by atoms with Crippen molar-refractivity contribution in [3.8, 4) is 0 Å². The van der Waals surface area contributed by atoms with Crippen LogP contribution in [0.1, 0.15) is 12.0 Å². The normalized spacial score (nSPS) is 25.2. The van der Waals surface area contributed by atoms with Gasteiger partial charge in [-0.05, 0) is 23.8 Å². The fourth-order valence-corrected chi connectivity index (χ4v) is 1.59. The van der Waals surface area contributed by atoms with Gasteiger partial charge in [-0.3, -0.25) is 0 Å². The SMILES string of the molecule is Nc1ccc(C2(O)C=CC=CC2)cc1. The van der Waals surface area contributed by atoms with Crippen molar-refractivity contribution in [3.63, 3.8) is 0 Å². The second-order valence-electron chi connectivity index (χ2n) is 3.54. The Hall–Kier alpha value is -1.54. The zero-order chi connectivity index (χ0) is 10.0. The second kappa shape index (κ2) is 3.31. The van der Waals surface area contributed by atoms with Gasteiger partial charge in [-0.1, -0.05) is 30.4 Å². The lowest BCUT2D eigenvalue weighted by atomic mass is 9.87. The molecule has 0 fully saturated rings. The molecule has 1 aliphatic carbocycles. The number of nitrogens with two attached hydrogens (primary N) is 1. The van der Waals surface area contributed by atoms with Crippen molar-refractivity contribution in [3.05, 3.63) is 54.1 Å². The van der Waals surface area contributed by atoms with Crippen LogP contribution in [0.4, 0.5) is 5.69 Å². The topological polar surface area (TPSA) is 46.2 Å². The van der Waals surface area contributed by atoms with E-state index >= 15 is 0 Å². The predicted octanol–water partition coefficient (Wildman–Crippen LogP) is 1.97. The van der Waals surface area contributed by atoms with Crippen molar-refractivity contribution in [2.45, 2.75) is 12.0 Å². The summed E-state index contributed by atoms with van der Waals surface area (Å²) in [5, 5.41) is 10.3. The Morgan fingerprint density at radius 2 is 1.86 bits per heavy atom. The van der Waals surface area contributed by atoms with Crippen LogP contribution in [0.5, 0.6) is 0 Å². The van der Waals surface area contributed by atoms with Crippen LogP contribution in [0.15, 0.2) is 48.6 Å². The molecule has 1 unspecified atom stereocenters. The van der Waals surface area contributed by atoms with Crippen LogP contribution >= 0.6 is 0 Å². The lowest BCUT2D eigenvalue weighted by molar-refractivity contribution is 0.0916. The molecule has 3 N–H and O–H groups in total. The van der Waals surface area contributed by atoms with Gasteiger partial charge in [0.15, 0.2) is 0 Å². The maximum Gasteiger partial charge on any atom is 0.111 e. The Balaban J connectivity index is 2.34. The van der Waals surface area contributed by atoms with Crippen molar-refractivity contribution >= 4 is 5.69 Å². The molecule has 0 radical (unpaired) electrons. The van der Waals surface area contributed by atoms with Crippen molar-refractivity contribution in [1.29, 1.82) is 0 Å². The molecule has 0 saturated carbocycles. The first-order chi connectivity index (χ1) is 6.71. The summed E-state index contributed by atoms with van der Waals surface area (Å²) in [6.45, 7) is 0. The number of hydrogen-bond donors (Lipinski definition) is 2. The summed E-state index contributed by atoms with van der Waals surface area (Å²) in [5.41, 5.74) is 6.32. The molecule has 1 aliphatic rings. The van der Waals surface area contributed by atoms with Gasteiger partial charge < -0.3 is 10.8 Å². The van der Waals surface area contributed by atoms with E-state index in [9.17, 15) is 5.11 Å². The van der Waals surface area contributed by atoms with Gasteiger partial charge in [0, 0.05) is 12.1 Å². The highest BCUT2D eigenvalue weighted by Gasteiger charge is 2.25. The van der Waals surface area contributed by atoms with Gasteiger partial charge in [0.05, 0.1) is 0 Å². The monoisotopic (exact) mass is 187 g/mol. The highest BCUT2D eigenvalue weighted by molar-refractivity contribution is 5.43. The third-order valence-electron chi connectivity index (χ3n) is 2.46. The smallest absolute Gasteiger partial charge is 0.111 e. The molecular weight excluding hydrogens is 174 g/mol. The molecule has 72 valence electrons. The summed E-state index contributed by atoms with van der Waals surface area (Å²) in [6.07, 6.45) is 8.17. The maximum atomic E-state index is 10.3. The Morgan fingerprint density at radius 3 is 2.43 bits per heavy atom. The van der Waals surface area contributed by atoms with Gasteiger partial charge in [0.1, 0.15) is 5.60 Å². The zero-order valence-electron chi connectivity index (χ0n) is 7.85. The number of allylic oxidation sites excluding steroid dienone is 2. The van der Waals surface area contributed by atoms with Crippen LogP contribution in [-0.2, 0) is 5.60 Å². The van der Waals surface area contributed by atoms with Crippen LogP contribution in [0.2, 0.25) is 0 Å². The van der Waals surface area contributed by atoms with E-state index in [0.29, 0.717) is 12.1 Å². The lowest BCUT2D eigenvalue weighted by Crippen LogP contribution is -2.23. The lowest BCUT2D eigenvalue weighted by Gasteiger charge is -2.25. The third kappa shape index (κ3) is 1.56. The minimum Gasteiger partial charge on any atom is -0.399 e. The Kier molecular flexibility index (Phi) is 2.14. The van der Waals surface area contributed by atoms with E-state index in [-0.39, 0.29) is 0 Å². The summed E-state index contributed by atoms with van der Waals surface area (Å²) in [5.74, 6) is 0. The van der Waals surface area contributed by atoms with Gasteiger partial charge in [0.2, 0.25) is 0 Å². The second-order valence-corrected chi connectivity index (χ2v) is 3.54. The molecule has 1 aromatic rings. The average molecular weight is 187 g/mol. The summed E-state index contributed by atoms with van der Waals surface area (Å²) < 4.78 is 0. The third-order valence-corrected chi connectivity index (χ3v) is 2.46. The maximum absolute atomic E-state index is 10.3. The Morgan fingerprint density at radius 1 is 1.14 bits per heavy atom. The van der Waals surface area contributed by atoms with Crippen molar-refractivity contribution in [1.82, 2.24) is 0 Å². The predicted molar refractivity (Wildman–Crippen MR) is 57.6 cm³/mol. The van der Waals surface area contributed by atoms with Crippen LogP contribution in [0, 0.1) is 0 Å². The van der Waals surface area contributed by atoms with E-state index in [1.807, 2.05) is 30.4 Å². The number of benzene rings is 1. The van der Waals surface area contributed by atoms with E-state index in [4.69, 9.17) is 5.73 Å². The molecule has 0 saturated heterocycles. The highest BCUT2D eigenvalue weighted by Crippen LogP contribution is 2.29. The van der Waals surface area contributed by atoms with Gasteiger partial charge in [-0.2, -0.15) is 0 Å². The molecule has 1 atom stereocenters. The van der Waals surface area contributed by atoms with Gasteiger partial charge in [-0.15, -0.1) is 0 Å². The van der Waals surface area contributed by atoms with Crippen molar-refractivity contribution in [2.75, 3.05) is 5.73 Å². The summed E-state index contributed by atoms with van der Waals surface area (Å²) in [7, 11) is 0. The fourth-order valence-electron chi connectivity index (χ4n) is 1.59. The van der Waals surface area contributed by atoms with Crippen molar-refractivity contribution < 1.29 is 5.11 Å². The van der Waals surface area contributed by atoms with E-state index in [1.165, 1.54) is 0 Å². The van der Waals surface area contributed by atoms with E-state index in [1.54, 1.807) is 18.2 Å². The molecule has 0 bridgehead atoms. The van der Waals surface area contributed by atoms with Crippen molar-refractivity contribution in [2.24, 2.45) is 0 Å². The summed E-state index contributed by atoms with van der Waals surface area (Å²) >= 11 is 0. The van der Waals surface area contributed by atoms with Gasteiger partial charge >= 0.3 is 0 Å². The minimum absolute atomic E-state index is 0.618. The van der Waals surface area contributed by atoms with E-state index in [2.05, 4.69) is 0 Å². The number of anilines is 1. The molecule has 0 amide bonds. The van der Waals surface area contributed by atoms with Crippen LogP contribution in [-0.4, -0.2) is 5.11 Å². The standard InChI is InChI=1S/C12H13NO/c13-11-6-4-10(5-7-11)12(14)8-2-1-3-9-12/h1-8,14H,9,13H2. The molecule has 2 rings (SSSR count). The van der Waals surface area contributed by atoms with Crippen LogP contribution in [0.3, 0.4) is 0 Å². The van der Waals surface area contributed by atoms with E-state index < -0.39 is 5.60 Å². The first-order valence-electron chi connectivity index (χ1n) is 4.63. The quantitative estimate of drug-likeness (QED) is 0.660. The molecule has 0 heterocycles. The molecule has 0 aliphatic heterocycles. The highest BCUT2D eigenvalue weighted by atomic mass is 16.3. The number of nitrogen functional groups attached to an aromatic ring is 1. The largest absolute Gasteiger partial charge is 0.399 e. The summed E-state index contributed by atoms with van der Waals surface area (Å²) in [6, 6.07) is 7.33. The molecule has 2 heteroatoms.